The fourth-order valence-electron chi connectivity index (χ4n) is 3.12. The van der Waals surface area contributed by atoms with Gasteiger partial charge in [0.15, 0.2) is 0 Å². The van der Waals surface area contributed by atoms with Gasteiger partial charge in [0.1, 0.15) is 29.5 Å². The van der Waals surface area contributed by atoms with Gasteiger partial charge in [-0.1, -0.05) is 19.1 Å². The monoisotopic (exact) mass is 358 g/mol. The molecule has 0 aromatic heterocycles. The molecule has 5 heteroatoms. The molecule has 3 rings (SSSR count). The Hall–Kier alpha value is -2.56. The van der Waals surface area contributed by atoms with Gasteiger partial charge in [0.25, 0.3) is 0 Å². The van der Waals surface area contributed by atoms with Gasteiger partial charge < -0.3 is 14.6 Å². The van der Waals surface area contributed by atoms with Crippen molar-refractivity contribution in [3.05, 3.63) is 58.9 Å². The van der Waals surface area contributed by atoms with E-state index < -0.39 is 17.5 Å². The lowest BCUT2D eigenvalue weighted by atomic mass is 10.00. The molecule has 0 bridgehead atoms. The van der Waals surface area contributed by atoms with Gasteiger partial charge in [-0.25, -0.2) is 4.39 Å². The van der Waals surface area contributed by atoms with Crippen molar-refractivity contribution in [2.45, 2.75) is 45.8 Å². The zero-order valence-electron chi connectivity index (χ0n) is 15.2. The van der Waals surface area contributed by atoms with Crippen LogP contribution in [-0.4, -0.2) is 16.7 Å². The highest BCUT2D eigenvalue weighted by Gasteiger charge is 2.34. The first-order chi connectivity index (χ1) is 12.2. The van der Waals surface area contributed by atoms with Crippen LogP contribution in [-0.2, 0) is 24.2 Å². The van der Waals surface area contributed by atoms with Gasteiger partial charge in [0.2, 0.25) is 0 Å². The number of carboxylic acid groups (broad SMARTS) is 1. The molecular weight excluding hydrogens is 335 g/mol. The average Bonchev–Trinajstić information content (AvgIpc) is 2.92. The van der Waals surface area contributed by atoms with Crippen LogP contribution in [0.2, 0.25) is 0 Å². The van der Waals surface area contributed by atoms with E-state index in [-0.39, 0.29) is 12.4 Å². The fraction of sp³-hybridized carbons (Fsp3) is 0.381. The summed E-state index contributed by atoms with van der Waals surface area (Å²) < 4.78 is 25.7. The average molecular weight is 358 g/mol. The molecule has 2 aromatic rings. The summed E-state index contributed by atoms with van der Waals surface area (Å²) in [5.41, 5.74) is 1.95. The Bertz CT molecular complexity index is 812. The molecule has 0 saturated carbocycles. The van der Waals surface area contributed by atoms with Gasteiger partial charge in [-0.05, 0) is 50.1 Å². The summed E-state index contributed by atoms with van der Waals surface area (Å²) in [6, 6.07) is 10.5. The number of fused-ring (bicyclic) bond motifs is 1. The van der Waals surface area contributed by atoms with Crippen molar-refractivity contribution < 1.29 is 23.8 Å². The number of hydrogen-bond donors (Lipinski definition) is 1. The summed E-state index contributed by atoms with van der Waals surface area (Å²) in [7, 11) is 0. The molecule has 1 atom stereocenters. The van der Waals surface area contributed by atoms with Crippen molar-refractivity contribution in [1.82, 2.24) is 0 Å². The molecule has 2 aromatic carbocycles. The molecule has 0 saturated heterocycles. The number of carbonyl (C=O) groups is 1. The van der Waals surface area contributed by atoms with Gasteiger partial charge in [0.05, 0.1) is 5.92 Å². The van der Waals surface area contributed by atoms with E-state index in [4.69, 9.17) is 14.6 Å². The fourth-order valence-corrected chi connectivity index (χ4v) is 3.12. The highest BCUT2D eigenvalue weighted by atomic mass is 19.1. The van der Waals surface area contributed by atoms with Crippen molar-refractivity contribution in [3.8, 4) is 11.5 Å². The van der Waals surface area contributed by atoms with Gasteiger partial charge >= 0.3 is 5.97 Å². The van der Waals surface area contributed by atoms with E-state index >= 15 is 0 Å². The first kappa shape index (κ1) is 18.2. The number of aliphatic carboxylic acids is 1. The zero-order chi connectivity index (χ0) is 18.9. The molecule has 0 amide bonds. The molecule has 0 aliphatic carbocycles. The van der Waals surface area contributed by atoms with Crippen LogP contribution in [0.3, 0.4) is 0 Å². The van der Waals surface area contributed by atoms with E-state index in [1.807, 2.05) is 38.1 Å². The van der Waals surface area contributed by atoms with Crippen LogP contribution in [0.1, 0.15) is 37.5 Å². The second-order valence-corrected chi connectivity index (χ2v) is 7.43. The maximum atomic E-state index is 14.0. The molecule has 1 aliphatic rings. The Labute approximate surface area is 152 Å². The molecule has 1 aliphatic heterocycles. The van der Waals surface area contributed by atoms with E-state index in [1.165, 1.54) is 6.07 Å². The Kier molecular flexibility index (Phi) is 4.90. The van der Waals surface area contributed by atoms with Crippen LogP contribution in [0.15, 0.2) is 36.4 Å². The Morgan fingerprint density at radius 2 is 1.96 bits per heavy atom. The van der Waals surface area contributed by atoms with E-state index in [0.29, 0.717) is 29.9 Å². The molecule has 138 valence electrons. The highest BCUT2D eigenvalue weighted by Crippen LogP contribution is 2.39. The van der Waals surface area contributed by atoms with E-state index in [0.717, 1.165) is 11.1 Å². The van der Waals surface area contributed by atoms with E-state index in [9.17, 15) is 9.18 Å². The summed E-state index contributed by atoms with van der Waals surface area (Å²) in [6.45, 7) is 5.84. The third-order valence-electron chi connectivity index (χ3n) is 4.55. The van der Waals surface area contributed by atoms with E-state index in [1.54, 1.807) is 13.0 Å². The lowest BCUT2D eigenvalue weighted by Gasteiger charge is -2.18. The smallest absolute Gasteiger partial charge is 0.306 e. The molecule has 0 radical (unpaired) electrons. The maximum absolute atomic E-state index is 14.0. The number of ether oxygens (including phenoxy) is 2. The Morgan fingerprint density at radius 1 is 1.27 bits per heavy atom. The first-order valence-electron chi connectivity index (χ1n) is 8.69. The van der Waals surface area contributed by atoms with Crippen LogP contribution in [0.25, 0.3) is 0 Å². The predicted molar refractivity (Wildman–Crippen MR) is 96.1 cm³/mol. The van der Waals surface area contributed by atoms with Crippen LogP contribution in [0, 0.1) is 11.7 Å². The first-order valence-corrected chi connectivity index (χ1v) is 8.69. The number of rotatable bonds is 6. The predicted octanol–water partition coefficient (Wildman–Crippen LogP) is 4.38. The van der Waals surface area contributed by atoms with Crippen molar-refractivity contribution in [3.63, 3.8) is 0 Å². The third kappa shape index (κ3) is 3.98. The van der Waals surface area contributed by atoms with Gasteiger partial charge in [-0.3, -0.25) is 4.79 Å². The van der Waals surface area contributed by atoms with Crippen molar-refractivity contribution in [1.29, 1.82) is 0 Å². The van der Waals surface area contributed by atoms with Gasteiger partial charge in [-0.15, -0.1) is 0 Å². The summed E-state index contributed by atoms with van der Waals surface area (Å²) in [6.07, 6.45) is 1.02. The van der Waals surface area contributed by atoms with Crippen molar-refractivity contribution in [2.24, 2.45) is 5.92 Å². The molecule has 0 spiro atoms. The molecule has 26 heavy (non-hydrogen) atoms. The van der Waals surface area contributed by atoms with Crippen LogP contribution < -0.4 is 9.47 Å². The molecule has 1 unspecified atom stereocenters. The minimum Gasteiger partial charge on any atom is -0.489 e. The quantitative estimate of drug-likeness (QED) is 0.832. The third-order valence-corrected chi connectivity index (χ3v) is 4.55. The summed E-state index contributed by atoms with van der Waals surface area (Å²) in [5, 5.41) is 8.98. The number of carboxylic acids is 1. The molecular formula is C21H23FO4. The highest BCUT2D eigenvalue weighted by molar-refractivity contribution is 5.69. The SMILES string of the molecule is CC(Cc1ccc(OCc2ccc(F)c3c2OC(C)(C)C3)cc1)C(=O)O. The van der Waals surface area contributed by atoms with Crippen LogP contribution in [0.4, 0.5) is 4.39 Å². The van der Waals surface area contributed by atoms with Crippen molar-refractivity contribution in [2.75, 3.05) is 0 Å². The second-order valence-electron chi connectivity index (χ2n) is 7.43. The summed E-state index contributed by atoms with van der Waals surface area (Å²) in [4.78, 5) is 10.9. The number of benzene rings is 2. The lowest BCUT2D eigenvalue weighted by molar-refractivity contribution is -0.141. The van der Waals surface area contributed by atoms with Crippen LogP contribution >= 0.6 is 0 Å². The summed E-state index contributed by atoms with van der Waals surface area (Å²) >= 11 is 0. The van der Waals surface area contributed by atoms with Gasteiger partial charge in [-0.2, -0.15) is 0 Å². The minimum atomic E-state index is -0.807. The summed E-state index contributed by atoms with van der Waals surface area (Å²) in [5.74, 6) is -0.220. The molecule has 1 heterocycles. The maximum Gasteiger partial charge on any atom is 0.306 e. The second kappa shape index (κ2) is 6.98. The number of hydrogen-bond acceptors (Lipinski definition) is 3. The van der Waals surface area contributed by atoms with Crippen LogP contribution in [0.5, 0.6) is 11.5 Å². The normalized spacial score (nSPS) is 15.8. The topological polar surface area (TPSA) is 55.8 Å². The Balaban J connectivity index is 1.67. The lowest BCUT2D eigenvalue weighted by Crippen LogP contribution is -2.25. The molecule has 4 nitrogen and oxygen atoms in total. The minimum absolute atomic E-state index is 0.244. The van der Waals surface area contributed by atoms with Gasteiger partial charge in [0, 0.05) is 17.5 Å². The van der Waals surface area contributed by atoms with Crippen molar-refractivity contribution >= 4 is 5.97 Å². The number of halogens is 1. The van der Waals surface area contributed by atoms with E-state index in [2.05, 4.69) is 0 Å². The largest absolute Gasteiger partial charge is 0.489 e. The molecule has 1 N–H and O–H groups in total. The zero-order valence-corrected chi connectivity index (χ0v) is 15.2. The Morgan fingerprint density at radius 3 is 2.62 bits per heavy atom. The molecule has 0 fully saturated rings. The standard InChI is InChI=1S/C21H23FO4/c1-13(20(23)24)10-14-4-7-16(8-5-14)25-12-15-6-9-18(22)17-11-21(2,3)26-19(15)17/h4-9,13H,10-12H2,1-3H3,(H,23,24).